The first-order valence-corrected chi connectivity index (χ1v) is 10.5. The summed E-state index contributed by atoms with van der Waals surface area (Å²) < 4.78 is 5.35. The molecule has 0 spiro atoms. The van der Waals surface area contributed by atoms with Gasteiger partial charge in [-0.05, 0) is 44.2 Å². The molecule has 2 aliphatic heterocycles. The predicted molar refractivity (Wildman–Crippen MR) is 114 cm³/mol. The van der Waals surface area contributed by atoms with Crippen molar-refractivity contribution in [3.63, 3.8) is 0 Å². The van der Waals surface area contributed by atoms with E-state index in [0.29, 0.717) is 31.1 Å². The van der Waals surface area contributed by atoms with Crippen LogP contribution in [0.2, 0.25) is 0 Å². The number of carbonyl (C=O) groups excluding carboxylic acids is 4. The molecule has 9 heteroatoms. The molecule has 2 saturated heterocycles. The van der Waals surface area contributed by atoms with Crippen LogP contribution in [0.1, 0.15) is 26.3 Å². The number of ether oxygens (including phenoxy) is 1. The Labute approximate surface area is 179 Å². The fraction of sp³-hybridized carbons (Fsp3) is 0.429. The summed E-state index contributed by atoms with van der Waals surface area (Å²) in [6.45, 7) is 6.44. The minimum absolute atomic E-state index is 0.300. The lowest BCUT2D eigenvalue weighted by Gasteiger charge is -2.36. The zero-order valence-corrected chi connectivity index (χ0v) is 18.1. The van der Waals surface area contributed by atoms with Crippen molar-refractivity contribution < 1.29 is 23.9 Å². The number of hydrogen-bond donors (Lipinski definition) is 0. The van der Waals surface area contributed by atoms with E-state index < -0.39 is 22.8 Å². The zero-order valence-electron chi connectivity index (χ0n) is 17.3. The summed E-state index contributed by atoms with van der Waals surface area (Å²) in [6.07, 6.45) is 1.24. The van der Waals surface area contributed by atoms with Gasteiger partial charge in [0.1, 0.15) is 12.1 Å². The molecule has 0 atom stereocenters. The second-order valence-electron chi connectivity index (χ2n) is 8.03. The highest BCUT2D eigenvalue weighted by molar-refractivity contribution is 8.18. The van der Waals surface area contributed by atoms with E-state index >= 15 is 0 Å². The van der Waals surface area contributed by atoms with E-state index in [9.17, 15) is 19.2 Å². The molecule has 2 aliphatic rings. The number of thioether (sulfide) groups is 1. The van der Waals surface area contributed by atoms with E-state index in [1.807, 2.05) is 30.3 Å². The lowest BCUT2D eigenvalue weighted by molar-refractivity contribution is -0.137. The smallest absolute Gasteiger partial charge is 0.410 e. The molecule has 0 unspecified atom stereocenters. The Morgan fingerprint density at radius 2 is 1.63 bits per heavy atom. The van der Waals surface area contributed by atoms with Gasteiger partial charge in [0, 0.05) is 26.2 Å². The summed E-state index contributed by atoms with van der Waals surface area (Å²) in [6, 6.07) is 9.23. The van der Waals surface area contributed by atoms with Crippen molar-refractivity contribution in [1.29, 1.82) is 0 Å². The second kappa shape index (κ2) is 8.91. The van der Waals surface area contributed by atoms with Crippen molar-refractivity contribution >= 4 is 41.0 Å². The maximum Gasteiger partial charge on any atom is 0.410 e. The van der Waals surface area contributed by atoms with Gasteiger partial charge in [0.2, 0.25) is 5.91 Å². The number of piperazine rings is 1. The maximum atomic E-state index is 12.6. The third kappa shape index (κ3) is 5.41. The number of hydrogen-bond acceptors (Lipinski definition) is 6. The summed E-state index contributed by atoms with van der Waals surface area (Å²) in [5.41, 5.74) is 0.232. The van der Waals surface area contributed by atoms with Gasteiger partial charge in [-0.25, -0.2) is 4.79 Å². The highest BCUT2D eigenvalue weighted by Gasteiger charge is 2.37. The molecule has 0 N–H and O–H groups in total. The zero-order chi connectivity index (χ0) is 21.9. The van der Waals surface area contributed by atoms with Gasteiger partial charge in [-0.2, -0.15) is 0 Å². The number of benzene rings is 1. The molecule has 0 aliphatic carbocycles. The van der Waals surface area contributed by atoms with E-state index in [2.05, 4.69) is 0 Å². The molecule has 1 aromatic carbocycles. The topological polar surface area (TPSA) is 87.2 Å². The van der Waals surface area contributed by atoms with Crippen molar-refractivity contribution in [1.82, 2.24) is 14.7 Å². The number of nitrogens with zero attached hydrogens (tertiary/aromatic N) is 3. The first-order valence-electron chi connectivity index (χ1n) is 9.70. The average Bonchev–Trinajstić information content (AvgIpc) is 2.95. The van der Waals surface area contributed by atoms with Crippen LogP contribution in [-0.4, -0.2) is 76.2 Å². The van der Waals surface area contributed by atoms with Crippen LogP contribution in [0.3, 0.4) is 0 Å². The molecule has 160 valence electrons. The number of rotatable bonds is 3. The van der Waals surface area contributed by atoms with Gasteiger partial charge in [-0.3, -0.25) is 19.3 Å². The van der Waals surface area contributed by atoms with E-state index in [-0.39, 0.29) is 12.5 Å². The fourth-order valence-electron chi connectivity index (χ4n) is 3.04. The van der Waals surface area contributed by atoms with Gasteiger partial charge in [0.05, 0.1) is 4.91 Å². The van der Waals surface area contributed by atoms with Crippen molar-refractivity contribution in [2.24, 2.45) is 0 Å². The van der Waals surface area contributed by atoms with Crippen molar-refractivity contribution in [3.8, 4) is 0 Å². The molecule has 2 heterocycles. The predicted octanol–water partition coefficient (Wildman–Crippen LogP) is 2.80. The number of imide groups is 1. The number of carbonyl (C=O) groups is 4. The van der Waals surface area contributed by atoms with Gasteiger partial charge in [0.25, 0.3) is 11.1 Å². The van der Waals surface area contributed by atoms with Gasteiger partial charge in [0.15, 0.2) is 0 Å². The maximum absolute atomic E-state index is 12.6. The van der Waals surface area contributed by atoms with Crippen molar-refractivity contribution in [2.75, 3.05) is 32.7 Å². The summed E-state index contributed by atoms with van der Waals surface area (Å²) in [5, 5.41) is -0.456. The molecular weight excluding hydrogens is 406 g/mol. The van der Waals surface area contributed by atoms with Crippen LogP contribution in [0.15, 0.2) is 35.2 Å². The normalized spacial score (nSPS) is 18.9. The molecule has 0 aromatic heterocycles. The van der Waals surface area contributed by atoms with E-state index in [1.54, 1.807) is 36.6 Å². The molecule has 0 radical (unpaired) electrons. The molecular formula is C21H25N3O5S. The minimum Gasteiger partial charge on any atom is -0.444 e. The summed E-state index contributed by atoms with van der Waals surface area (Å²) in [4.78, 5) is 54.0. The summed E-state index contributed by atoms with van der Waals surface area (Å²) in [7, 11) is 0. The van der Waals surface area contributed by atoms with Gasteiger partial charge < -0.3 is 14.5 Å². The molecule has 1 aromatic rings. The Kier molecular flexibility index (Phi) is 6.50. The quantitative estimate of drug-likeness (QED) is 0.684. The Bertz CT molecular complexity index is 870. The first-order chi connectivity index (χ1) is 14.1. The van der Waals surface area contributed by atoms with E-state index in [0.717, 1.165) is 22.2 Å². The molecule has 3 rings (SSSR count). The summed E-state index contributed by atoms with van der Waals surface area (Å²) >= 11 is 0.833. The van der Waals surface area contributed by atoms with Gasteiger partial charge in [-0.15, -0.1) is 0 Å². The van der Waals surface area contributed by atoms with Crippen LogP contribution in [0.4, 0.5) is 9.59 Å². The Morgan fingerprint density at radius 1 is 1.03 bits per heavy atom. The van der Waals surface area contributed by atoms with Crippen LogP contribution >= 0.6 is 11.8 Å². The molecule has 30 heavy (non-hydrogen) atoms. The van der Waals surface area contributed by atoms with E-state index in [1.165, 1.54) is 0 Å². The highest BCUT2D eigenvalue weighted by atomic mass is 32.2. The van der Waals surface area contributed by atoms with Crippen LogP contribution in [0, 0.1) is 0 Å². The van der Waals surface area contributed by atoms with Crippen molar-refractivity contribution in [2.45, 2.75) is 26.4 Å². The Morgan fingerprint density at radius 3 is 2.23 bits per heavy atom. The minimum atomic E-state index is -0.580. The van der Waals surface area contributed by atoms with Crippen molar-refractivity contribution in [3.05, 3.63) is 40.8 Å². The first kappa shape index (κ1) is 21.9. The lowest BCUT2D eigenvalue weighted by atomic mass is 10.2. The molecule has 0 bridgehead atoms. The molecule has 2 fully saturated rings. The lowest BCUT2D eigenvalue weighted by Crippen LogP contribution is -2.53. The van der Waals surface area contributed by atoms with Crippen LogP contribution in [0.25, 0.3) is 6.08 Å². The molecule has 4 amide bonds. The Hall–Kier alpha value is -2.81. The van der Waals surface area contributed by atoms with Crippen LogP contribution in [-0.2, 0) is 14.3 Å². The number of amides is 4. The van der Waals surface area contributed by atoms with Crippen LogP contribution in [0.5, 0.6) is 0 Å². The highest BCUT2D eigenvalue weighted by Crippen LogP contribution is 2.32. The molecule has 8 nitrogen and oxygen atoms in total. The fourth-order valence-corrected chi connectivity index (χ4v) is 3.88. The second-order valence-corrected chi connectivity index (χ2v) is 9.02. The van der Waals surface area contributed by atoms with Gasteiger partial charge >= 0.3 is 6.09 Å². The molecule has 0 saturated carbocycles. The van der Waals surface area contributed by atoms with Gasteiger partial charge in [-0.1, -0.05) is 30.3 Å². The average molecular weight is 432 g/mol. The summed E-state index contributed by atoms with van der Waals surface area (Å²) in [5.74, 6) is -0.781. The monoisotopic (exact) mass is 431 g/mol. The van der Waals surface area contributed by atoms with E-state index in [4.69, 9.17) is 4.74 Å². The largest absolute Gasteiger partial charge is 0.444 e. The van der Waals surface area contributed by atoms with Crippen LogP contribution < -0.4 is 0 Å². The Balaban J connectivity index is 1.55. The SMILES string of the molecule is CC(C)(C)OC(=O)N1CCN(C(=O)CN2C(=O)S/C(=C/c3ccccc3)C2=O)CC1. The standard InChI is InChI=1S/C21H25N3O5S/c1-21(2,3)29-19(27)23-11-9-22(10-12-23)17(25)14-24-18(26)16(30-20(24)28)13-15-7-5-4-6-8-15/h4-8,13H,9-12,14H2,1-3H3/b16-13+. The third-order valence-corrected chi connectivity index (χ3v) is 5.46. The third-order valence-electron chi connectivity index (χ3n) is 4.55.